The number of fused-ring (bicyclic) bond motifs is 1. The smallest absolute Gasteiger partial charge is 0.354 e. The molecule has 0 spiro atoms. The summed E-state index contributed by atoms with van der Waals surface area (Å²) < 4.78 is 30.8. The Bertz CT molecular complexity index is 912. The Morgan fingerprint density at radius 3 is 2.78 bits per heavy atom. The zero-order valence-corrected chi connectivity index (χ0v) is 14.7. The number of nitrogens with zero attached hydrogens (tertiary/aromatic N) is 3. The minimum absolute atomic E-state index is 0.105. The second-order valence-corrected chi connectivity index (χ2v) is 6.48. The molecule has 0 atom stereocenters. The van der Waals surface area contributed by atoms with Crippen LogP contribution in [0.2, 0.25) is 0 Å². The number of rotatable bonds is 6. The standard InChI is InChI=1S/C18H17F2N3O4/c1-10-5-11(6-22-15(10)27-9-18(2,19)20)7-23-8-13-12(16(23)24)3-4-21-14(13)17(25)26/h3-6H,7-9H2,1-2H3,(H,25,26). The fourth-order valence-electron chi connectivity index (χ4n) is 2.87. The van der Waals surface area contributed by atoms with Crippen molar-refractivity contribution in [3.63, 3.8) is 0 Å². The third-order valence-corrected chi connectivity index (χ3v) is 4.05. The first-order valence-electron chi connectivity index (χ1n) is 8.12. The monoisotopic (exact) mass is 377 g/mol. The molecular formula is C18H17F2N3O4. The van der Waals surface area contributed by atoms with Gasteiger partial charge >= 0.3 is 5.97 Å². The lowest BCUT2D eigenvalue weighted by atomic mass is 10.1. The van der Waals surface area contributed by atoms with Crippen molar-refractivity contribution >= 4 is 11.9 Å². The van der Waals surface area contributed by atoms with E-state index in [1.54, 1.807) is 13.0 Å². The Hall–Kier alpha value is -3.10. The van der Waals surface area contributed by atoms with Gasteiger partial charge in [0.1, 0.15) is 0 Å². The van der Waals surface area contributed by atoms with Gasteiger partial charge in [0.25, 0.3) is 11.8 Å². The summed E-state index contributed by atoms with van der Waals surface area (Å²) in [6.07, 6.45) is 2.74. The van der Waals surface area contributed by atoms with Crippen LogP contribution < -0.4 is 4.74 Å². The number of halogens is 2. The van der Waals surface area contributed by atoms with Crippen LogP contribution in [0.25, 0.3) is 0 Å². The molecule has 2 aromatic rings. The highest BCUT2D eigenvalue weighted by Gasteiger charge is 2.32. The zero-order chi connectivity index (χ0) is 19.8. The largest absolute Gasteiger partial charge is 0.477 e. The Morgan fingerprint density at radius 1 is 1.41 bits per heavy atom. The molecule has 1 aliphatic rings. The van der Waals surface area contributed by atoms with Gasteiger partial charge < -0.3 is 14.7 Å². The number of pyridine rings is 2. The fraction of sp³-hybridized carbons (Fsp3) is 0.333. The number of hydrogen-bond donors (Lipinski definition) is 1. The first-order valence-corrected chi connectivity index (χ1v) is 8.12. The van der Waals surface area contributed by atoms with E-state index >= 15 is 0 Å². The first-order chi connectivity index (χ1) is 12.7. The van der Waals surface area contributed by atoms with Crippen LogP contribution in [0.4, 0.5) is 8.78 Å². The molecule has 0 aliphatic carbocycles. The number of amides is 1. The highest BCUT2D eigenvalue weighted by molar-refractivity contribution is 6.01. The van der Waals surface area contributed by atoms with Gasteiger partial charge in [-0.1, -0.05) is 0 Å². The Kier molecular flexibility index (Phi) is 4.77. The predicted octanol–water partition coefficient (Wildman–Crippen LogP) is 2.67. The SMILES string of the molecule is Cc1cc(CN2Cc3c(ccnc3C(=O)O)C2=O)cnc1OCC(C)(F)F. The molecule has 1 N–H and O–H groups in total. The molecular weight excluding hydrogens is 360 g/mol. The highest BCUT2D eigenvalue weighted by Crippen LogP contribution is 2.27. The molecule has 2 aromatic heterocycles. The van der Waals surface area contributed by atoms with E-state index in [9.17, 15) is 23.5 Å². The van der Waals surface area contributed by atoms with Crippen molar-refractivity contribution < 1.29 is 28.2 Å². The molecule has 0 bridgehead atoms. The Labute approximate surface area is 153 Å². The number of carbonyl (C=O) groups is 2. The summed E-state index contributed by atoms with van der Waals surface area (Å²) in [4.78, 5) is 33.1. The quantitative estimate of drug-likeness (QED) is 0.832. The lowest BCUT2D eigenvalue weighted by Gasteiger charge is -2.17. The van der Waals surface area contributed by atoms with Crippen LogP contribution in [0, 0.1) is 6.92 Å². The van der Waals surface area contributed by atoms with E-state index in [0.29, 0.717) is 22.3 Å². The van der Waals surface area contributed by atoms with Crippen LogP contribution in [0.3, 0.4) is 0 Å². The summed E-state index contributed by atoms with van der Waals surface area (Å²) in [5.41, 5.74) is 1.80. The number of carbonyl (C=O) groups excluding carboxylic acids is 1. The van der Waals surface area contributed by atoms with Gasteiger partial charge in [0.05, 0.1) is 0 Å². The maximum atomic E-state index is 12.9. The van der Waals surface area contributed by atoms with Crippen molar-refractivity contribution in [2.45, 2.75) is 32.9 Å². The molecule has 142 valence electrons. The van der Waals surface area contributed by atoms with Gasteiger partial charge in [0.15, 0.2) is 12.3 Å². The van der Waals surface area contributed by atoms with Crippen LogP contribution in [-0.2, 0) is 13.1 Å². The summed E-state index contributed by atoms with van der Waals surface area (Å²) in [7, 11) is 0. The van der Waals surface area contributed by atoms with E-state index in [1.807, 2.05) is 0 Å². The molecule has 0 fully saturated rings. The highest BCUT2D eigenvalue weighted by atomic mass is 19.3. The van der Waals surface area contributed by atoms with Gasteiger partial charge in [0.2, 0.25) is 5.88 Å². The van der Waals surface area contributed by atoms with E-state index in [1.165, 1.54) is 23.4 Å². The fourth-order valence-corrected chi connectivity index (χ4v) is 2.87. The minimum atomic E-state index is -2.96. The van der Waals surface area contributed by atoms with Crippen LogP contribution >= 0.6 is 0 Å². The van der Waals surface area contributed by atoms with Crippen molar-refractivity contribution in [1.82, 2.24) is 14.9 Å². The molecule has 9 heteroatoms. The van der Waals surface area contributed by atoms with Crippen molar-refractivity contribution in [2.24, 2.45) is 0 Å². The Balaban J connectivity index is 1.75. The maximum absolute atomic E-state index is 12.9. The van der Waals surface area contributed by atoms with Crippen molar-refractivity contribution in [3.8, 4) is 5.88 Å². The first kappa shape index (κ1) is 18.7. The number of alkyl halides is 2. The summed E-state index contributed by atoms with van der Waals surface area (Å²) in [5.74, 6) is -4.34. The zero-order valence-electron chi connectivity index (χ0n) is 14.7. The number of carboxylic acids is 1. The van der Waals surface area contributed by atoms with Gasteiger partial charge in [0, 0.05) is 49.1 Å². The van der Waals surface area contributed by atoms with Crippen molar-refractivity contribution in [1.29, 1.82) is 0 Å². The third kappa shape index (κ3) is 4.02. The van der Waals surface area contributed by atoms with E-state index < -0.39 is 18.5 Å². The summed E-state index contributed by atoms with van der Waals surface area (Å²) in [6, 6.07) is 3.19. The van der Waals surface area contributed by atoms with Gasteiger partial charge in [-0.25, -0.2) is 23.5 Å². The predicted molar refractivity (Wildman–Crippen MR) is 89.9 cm³/mol. The topological polar surface area (TPSA) is 92.6 Å². The van der Waals surface area contributed by atoms with Gasteiger partial charge in [-0.2, -0.15) is 0 Å². The van der Waals surface area contributed by atoms with E-state index in [0.717, 1.165) is 6.92 Å². The number of aromatic nitrogens is 2. The second kappa shape index (κ2) is 6.90. The van der Waals surface area contributed by atoms with E-state index in [-0.39, 0.29) is 30.6 Å². The van der Waals surface area contributed by atoms with Gasteiger partial charge in [-0.05, 0) is 24.6 Å². The van der Waals surface area contributed by atoms with E-state index in [2.05, 4.69) is 9.97 Å². The van der Waals surface area contributed by atoms with Gasteiger partial charge in [-0.15, -0.1) is 0 Å². The summed E-state index contributed by atoms with van der Waals surface area (Å²) in [6.45, 7) is 1.99. The van der Waals surface area contributed by atoms with Crippen LogP contribution in [0.5, 0.6) is 5.88 Å². The average molecular weight is 377 g/mol. The molecule has 0 radical (unpaired) electrons. The number of carboxylic acid groups (broad SMARTS) is 1. The minimum Gasteiger partial charge on any atom is -0.477 e. The van der Waals surface area contributed by atoms with Crippen molar-refractivity contribution in [2.75, 3.05) is 6.61 Å². The van der Waals surface area contributed by atoms with Crippen LogP contribution in [-0.4, -0.2) is 44.4 Å². The molecule has 7 nitrogen and oxygen atoms in total. The molecule has 0 aromatic carbocycles. The molecule has 0 saturated carbocycles. The number of hydrogen-bond acceptors (Lipinski definition) is 5. The van der Waals surface area contributed by atoms with Gasteiger partial charge in [-0.3, -0.25) is 4.79 Å². The average Bonchev–Trinajstić information content (AvgIpc) is 2.89. The van der Waals surface area contributed by atoms with Crippen LogP contribution in [0.1, 0.15) is 44.5 Å². The van der Waals surface area contributed by atoms with E-state index in [4.69, 9.17) is 4.74 Å². The summed E-state index contributed by atoms with van der Waals surface area (Å²) >= 11 is 0. The molecule has 27 heavy (non-hydrogen) atoms. The molecule has 1 amide bonds. The lowest BCUT2D eigenvalue weighted by molar-refractivity contribution is -0.0244. The molecule has 0 saturated heterocycles. The summed E-state index contributed by atoms with van der Waals surface area (Å²) in [5, 5.41) is 9.22. The lowest BCUT2D eigenvalue weighted by Crippen LogP contribution is -2.24. The number of aromatic carboxylic acids is 1. The number of ether oxygens (including phenoxy) is 1. The number of aryl methyl sites for hydroxylation is 1. The van der Waals surface area contributed by atoms with Crippen molar-refractivity contribution in [3.05, 3.63) is 52.5 Å². The molecule has 3 rings (SSSR count). The molecule has 0 unspecified atom stereocenters. The Morgan fingerprint density at radius 2 is 2.15 bits per heavy atom. The van der Waals surface area contributed by atoms with Crippen LogP contribution in [0.15, 0.2) is 24.5 Å². The normalized spacial score (nSPS) is 13.6. The maximum Gasteiger partial charge on any atom is 0.354 e. The molecule has 3 heterocycles. The second-order valence-electron chi connectivity index (χ2n) is 6.48. The third-order valence-electron chi connectivity index (χ3n) is 4.05. The molecule has 1 aliphatic heterocycles.